The Morgan fingerprint density at radius 2 is 1.81 bits per heavy atom. The highest BCUT2D eigenvalue weighted by Gasteiger charge is 2.31. The van der Waals surface area contributed by atoms with Gasteiger partial charge < -0.3 is 30.0 Å². The van der Waals surface area contributed by atoms with Crippen molar-refractivity contribution in [1.29, 1.82) is 0 Å². The summed E-state index contributed by atoms with van der Waals surface area (Å²) in [5.41, 5.74) is 5.07. The minimum Gasteiger partial charge on any atom is -0.459 e. The molecule has 0 unspecified atom stereocenters. The van der Waals surface area contributed by atoms with Gasteiger partial charge in [-0.25, -0.2) is 4.98 Å². The molecule has 0 aliphatic carbocycles. The molecule has 0 radical (unpaired) electrons. The molecule has 1 fully saturated rings. The fourth-order valence-corrected chi connectivity index (χ4v) is 4.44. The second kappa shape index (κ2) is 10.2. The maximum Gasteiger partial charge on any atom is 0.296 e. The fourth-order valence-electron chi connectivity index (χ4n) is 4.18. The summed E-state index contributed by atoms with van der Waals surface area (Å²) in [4.78, 5) is 23.9. The number of hydrogen-bond donors (Lipinski definition) is 4. The molecule has 1 amide bonds. The zero-order chi connectivity index (χ0) is 25.2. The van der Waals surface area contributed by atoms with Crippen LogP contribution in [0, 0.1) is 0 Å². The number of H-pyrrole nitrogens is 1. The third kappa shape index (κ3) is 4.91. The van der Waals surface area contributed by atoms with Crippen LogP contribution in [-0.4, -0.2) is 69.6 Å². The van der Waals surface area contributed by atoms with Crippen molar-refractivity contribution in [3.63, 3.8) is 0 Å². The van der Waals surface area contributed by atoms with Crippen LogP contribution < -0.4 is 10.1 Å². The predicted octanol–water partition coefficient (Wildman–Crippen LogP) is 3.19. The molecule has 1 aliphatic rings. The van der Waals surface area contributed by atoms with E-state index >= 15 is 0 Å². The Morgan fingerprint density at radius 3 is 2.44 bits per heavy atom. The Labute approximate surface area is 212 Å². The summed E-state index contributed by atoms with van der Waals surface area (Å²) in [6.45, 7) is -0.00565. The summed E-state index contributed by atoms with van der Waals surface area (Å²) in [6.07, 6.45) is -1.50. The van der Waals surface area contributed by atoms with Crippen LogP contribution in [0.5, 0.6) is 6.01 Å². The quantitative estimate of drug-likeness (QED) is 0.315. The monoisotopic (exact) mass is 508 g/mol. The van der Waals surface area contributed by atoms with Gasteiger partial charge in [-0.2, -0.15) is 4.98 Å². The van der Waals surface area contributed by atoms with Gasteiger partial charge in [-0.1, -0.05) is 48.0 Å². The van der Waals surface area contributed by atoms with Crippen LogP contribution in [0.3, 0.4) is 0 Å². The maximum absolute atomic E-state index is 11.8. The molecule has 4 aromatic rings. The number of aliphatic hydroxyl groups excluding tert-OH is 2. The minimum absolute atomic E-state index is 0.125. The van der Waals surface area contributed by atoms with Crippen LogP contribution in [0.1, 0.15) is 16.8 Å². The Morgan fingerprint density at radius 1 is 1.14 bits per heavy atom. The number of carbonyl (C=O) groups is 1. The van der Waals surface area contributed by atoms with Gasteiger partial charge in [0, 0.05) is 24.6 Å². The number of nitrogens with zero attached hydrogens (tertiary/aromatic N) is 2. The van der Waals surface area contributed by atoms with Crippen LogP contribution >= 0.6 is 11.6 Å². The van der Waals surface area contributed by atoms with E-state index in [9.17, 15) is 15.0 Å². The number of aliphatic hydroxyl groups is 2. The minimum atomic E-state index is -0.811. The van der Waals surface area contributed by atoms with Crippen molar-refractivity contribution in [1.82, 2.24) is 20.3 Å². The van der Waals surface area contributed by atoms with E-state index in [0.29, 0.717) is 33.9 Å². The van der Waals surface area contributed by atoms with E-state index in [1.807, 2.05) is 36.4 Å². The second-order valence-corrected chi connectivity index (χ2v) is 8.97. The molecule has 4 N–H and O–H groups in total. The first-order valence-electron chi connectivity index (χ1n) is 11.5. The lowest BCUT2D eigenvalue weighted by atomic mass is 10.0. The van der Waals surface area contributed by atoms with E-state index in [2.05, 4.69) is 20.3 Å². The number of aromatic nitrogens is 3. The van der Waals surface area contributed by atoms with Crippen molar-refractivity contribution < 1.29 is 24.5 Å². The number of halogens is 1. The Bertz CT molecular complexity index is 1370. The zero-order valence-electron chi connectivity index (χ0n) is 19.4. The fraction of sp³-hybridized carbons (Fsp3) is 0.269. The number of ether oxygens (including phenoxy) is 2. The van der Waals surface area contributed by atoms with Gasteiger partial charge in [-0.3, -0.25) is 4.79 Å². The van der Waals surface area contributed by atoms with Gasteiger partial charge in [0.15, 0.2) is 5.65 Å². The van der Waals surface area contributed by atoms with Crippen molar-refractivity contribution in [2.45, 2.75) is 24.7 Å². The summed E-state index contributed by atoms with van der Waals surface area (Å²) in [5, 5.41) is 22.3. The van der Waals surface area contributed by atoms with Crippen LogP contribution in [0.4, 0.5) is 0 Å². The molecule has 5 rings (SSSR count). The molecule has 2 aromatic carbocycles. The molecule has 36 heavy (non-hydrogen) atoms. The Balaban J connectivity index is 1.34. The molecule has 10 heteroatoms. The lowest BCUT2D eigenvalue weighted by molar-refractivity contribution is -0.131. The lowest BCUT2D eigenvalue weighted by Gasteiger charge is -2.31. The summed E-state index contributed by atoms with van der Waals surface area (Å²) < 4.78 is 11.3. The highest BCUT2D eigenvalue weighted by molar-refractivity contribution is 6.33. The number of aromatic amines is 1. The molecule has 0 spiro atoms. The smallest absolute Gasteiger partial charge is 0.296 e. The van der Waals surface area contributed by atoms with Crippen LogP contribution in [0.25, 0.3) is 33.5 Å². The average Bonchev–Trinajstić information content (AvgIpc) is 3.29. The van der Waals surface area contributed by atoms with Gasteiger partial charge in [0.1, 0.15) is 12.2 Å². The van der Waals surface area contributed by atoms with Crippen LogP contribution in [0.15, 0.2) is 54.6 Å². The molecule has 0 bridgehead atoms. The molecule has 1 aliphatic heterocycles. The summed E-state index contributed by atoms with van der Waals surface area (Å²) in [5.74, 6) is -0.125. The number of nitrogens with one attached hydrogen (secondary N) is 2. The van der Waals surface area contributed by atoms with Gasteiger partial charge in [-0.15, -0.1) is 0 Å². The van der Waals surface area contributed by atoms with Crippen molar-refractivity contribution in [3.8, 4) is 28.4 Å². The van der Waals surface area contributed by atoms with E-state index in [4.69, 9.17) is 21.1 Å². The van der Waals surface area contributed by atoms with Crippen LogP contribution in [0.2, 0.25) is 5.02 Å². The number of hydrogen-bond acceptors (Lipinski definition) is 7. The third-order valence-corrected chi connectivity index (χ3v) is 6.45. The molecule has 3 atom stereocenters. The molecule has 2 aromatic heterocycles. The van der Waals surface area contributed by atoms with E-state index in [0.717, 1.165) is 16.7 Å². The largest absolute Gasteiger partial charge is 0.459 e. The topological polar surface area (TPSA) is 130 Å². The summed E-state index contributed by atoms with van der Waals surface area (Å²) in [7, 11) is 1.60. The van der Waals surface area contributed by atoms with Crippen LogP contribution in [-0.2, 0) is 4.74 Å². The van der Waals surface area contributed by atoms with E-state index in [1.54, 1.807) is 25.2 Å². The molecule has 1 saturated heterocycles. The number of imidazole rings is 1. The van der Waals surface area contributed by atoms with Gasteiger partial charge in [0.2, 0.25) is 0 Å². The van der Waals surface area contributed by atoms with E-state index in [-0.39, 0.29) is 25.1 Å². The van der Waals surface area contributed by atoms with Gasteiger partial charge in [-0.05, 0) is 29.3 Å². The normalized spacial score (nSPS) is 19.8. The van der Waals surface area contributed by atoms with Crippen molar-refractivity contribution in [2.24, 2.45) is 0 Å². The van der Waals surface area contributed by atoms with Gasteiger partial charge in [0.05, 0.1) is 35.6 Å². The lowest BCUT2D eigenvalue weighted by Crippen LogP contribution is -2.45. The Kier molecular flexibility index (Phi) is 6.88. The summed E-state index contributed by atoms with van der Waals surface area (Å²) >= 11 is 6.54. The van der Waals surface area contributed by atoms with Crippen molar-refractivity contribution >= 4 is 28.7 Å². The predicted molar refractivity (Wildman–Crippen MR) is 135 cm³/mol. The first-order valence-corrected chi connectivity index (χ1v) is 11.9. The highest BCUT2D eigenvalue weighted by atomic mass is 35.5. The van der Waals surface area contributed by atoms with Crippen molar-refractivity contribution in [2.75, 3.05) is 20.3 Å². The molecular formula is C26H25ClN4O5. The third-order valence-electron chi connectivity index (χ3n) is 6.16. The van der Waals surface area contributed by atoms with Gasteiger partial charge in [0.25, 0.3) is 11.9 Å². The van der Waals surface area contributed by atoms with Crippen molar-refractivity contribution in [3.05, 3.63) is 65.2 Å². The van der Waals surface area contributed by atoms with E-state index in [1.165, 1.54) is 0 Å². The Hall–Kier alpha value is -3.50. The molecule has 3 heterocycles. The number of amides is 1. The number of carbonyl (C=O) groups excluding carboxylic acids is 1. The zero-order valence-corrected chi connectivity index (χ0v) is 20.2. The molecule has 186 valence electrons. The number of pyridine rings is 1. The molecular weight excluding hydrogens is 484 g/mol. The molecule has 9 nitrogen and oxygen atoms in total. The van der Waals surface area contributed by atoms with E-state index < -0.39 is 18.3 Å². The number of fused-ring (bicyclic) bond motifs is 1. The summed E-state index contributed by atoms with van der Waals surface area (Å²) in [6, 6.07) is 17.2. The number of benzene rings is 2. The second-order valence-electron chi connectivity index (χ2n) is 8.56. The standard InChI is InChI=1S/C26H25ClN4O5/c1-28-25(34)17-8-4-15(5-9-17)14-2-6-16(7-3-14)23-19(27)11-20-24(30-23)31-26(29-20)36-18-10-21(33)22(12-32)35-13-18/h2-9,11,18,21-22,32-33H,10,12-13H2,1H3,(H,28,34)(H,29,30,31)/t18-,21+,22-/m1/s1. The maximum atomic E-state index is 11.8. The highest BCUT2D eigenvalue weighted by Crippen LogP contribution is 2.31. The average molecular weight is 509 g/mol. The number of rotatable bonds is 6. The molecule has 0 saturated carbocycles. The van der Waals surface area contributed by atoms with Gasteiger partial charge >= 0.3 is 0 Å². The first-order chi connectivity index (χ1) is 17.4. The first kappa shape index (κ1) is 24.2. The SMILES string of the molecule is CNC(=O)c1ccc(-c2ccc(-c3nc4nc(O[C@H]5CO[C@H](CO)[C@@H](O)C5)[nH]c4cc3Cl)cc2)cc1.